The van der Waals surface area contributed by atoms with Crippen molar-refractivity contribution in [3.8, 4) is 0 Å². The van der Waals surface area contributed by atoms with Gasteiger partial charge in [-0.3, -0.25) is 14.2 Å². The maximum absolute atomic E-state index is 13.7. The van der Waals surface area contributed by atoms with E-state index in [1.807, 2.05) is 74.2 Å². The summed E-state index contributed by atoms with van der Waals surface area (Å²) >= 11 is 0. The molecule has 7 heteroatoms. The van der Waals surface area contributed by atoms with E-state index in [2.05, 4.69) is 16.4 Å². The maximum atomic E-state index is 13.7. The Morgan fingerprint density at radius 2 is 1.78 bits per heavy atom. The van der Waals surface area contributed by atoms with Crippen LogP contribution in [0.25, 0.3) is 11.2 Å². The van der Waals surface area contributed by atoms with E-state index in [0.29, 0.717) is 36.6 Å². The van der Waals surface area contributed by atoms with Crippen LogP contribution < -0.4 is 15.8 Å². The Bertz CT molecular complexity index is 1460. The van der Waals surface area contributed by atoms with Crippen molar-refractivity contribution in [3.63, 3.8) is 0 Å². The Hall–Kier alpha value is -4.00. The first-order valence-electron chi connectivity index (χ1n) is 12.4. The van der Waals surface area contributed by atoms with E-state index in [1.165, 1.54) is 5.56 Å². The average Bonchev–Trinajstić information content (AvgIpc) is 2.86. The smallest absolute Gasteiger partial charge is 0.295 e. The molecule has 1 amide bonds. The topological polar surface area (TPSA) is 80.1 Å². The monoisotopic (exact) mass is 481 g/mol. The van der Waals surface area contributed by atoms with Crippen molar-refractivity contribution in [3.05, 3.63) is 93.4 Å². The minimum absolute atomic E-state index is 0.0212. The molecule has 184 valence electrons. The Kier molecular flexibility index (Phi) is 6.55. The zero-order chi connectivity index (χ0) is 25.2. The highest BCUT2D eigenvalue weighted by atomic mass is 16.2. The van der Waals surface area contributed by atoms with Gasteiger partial charge in [0.1, 0.15) is 5.52 Å². The molecule has 7 nitrogen and oxygen atoms in total. The molecule has 3 heterocycles. The number of nitrogens with zero attached hydrogens (tertiary/aromatic N) is 4. The van der Waals surface area contributed by atoms with Crippen molar-refractivity contribution in [2.24, 2.45) is 5.92 Å². The van der Waals surface area contributed by atoms with Crippen LogP contribution in [0.2, 0.25) is 0 Å². The molecule has 1 aliphatic rings. The minimum Gasteiger partial charge on any atom is -0.351 e. The molecule has 0 radical (unpaired) electrons. The predicted molar refractivity (Wildman–Crippen MR) is 144 cm³/mol. The average molecular weight is 482 g/mol. The highest BCUT2D eigenvalue weighted by molar-refractivity contribution is 5.93. The van der Waals surface area contributed by atoms with Crippen molar-refractivity contribution in [2.75, 3.05) is 23.3 Å². The summed E-state index contributed by atoms with van der Waals surface area (Å²) in [6, 6.07) is 17.9. The predicted octanol–water partition coefficient (Wildman–Crippen LogP) is 4.62. The van der Waals surface area contributed by atoms with Crippen molar-refractivity contribution in [1.29, 1.82) is 0 Å². The van der Waals surface area contributed by atoms with Gasteiger partial charge in [-0.2, -0.15) is 0 Å². The molecule has 0 spiro atoms. The number of anilines is 2. The number of carbonyl (C=O) groups is 1. The van der Waals surface area contributed by atoms with Gasteiger partial charge in [-0.1, -0.05) is 35.9 Å². The van der Waals surface area contributed by atoms with E-state index in [4.69, 9.17) is 4.98 Å². The van der Waals surface area contributed by atoms with Crippen molar-refractivity contribution in [2.45, 2.75) is 40.2 Å². The molecule has 2 aromatic heterocycles. The summed E-state index contributed by atoms with van der Waals surface area (Å²) in [4.78, 5) is 38.0. The van der Waals surface area contributed by atoms with Crippen LogP contribution in [0.4, 0.5) is 11.5 Å². The van der Waals surface area contributed by atoms with Gasteiger partial charge in [0.15, 0.2) is 11.5 Å². The second-order valence-electron chi connectivity index (χ2n) is 9.81. The Morgan fingerprint density at radius 1 is 1.03 bits per heavy atom. The first-order chi connectivity index (χ1) is 17.4. The SMILES string of the molecule is Cc1ccc(Cn2c(=O)c(N3CCC[C@H](C(=O)Nc4cc(C)cc(C)c4)C3)nc3cccnc32)cc1. The summed E-state index contributed by atoms with van der Waals surface area (Å²) in [5, 5.41) is 3.08. The summed E-state index contributed by atoms with van der Waals surface area (Å²) in [7, 11) is 0. The zero-order valence-corrected chi connectivity index (χ0v) is 21.0. The fraction of sp³-hybridized carbons (Fsp3) is 0.310. The molecule has 1 fully saturated rings. The van der Waals surface area contributed by atoms with E-state index in [9.17, 15) is 9.59 Å². The third-order valence-electron chi connectivity index (χ3n) is 6.73. The molecule has 0 aliphatic carbocycles. The Morgan fingerprint density at radius 3 is 2.53 bits per heavy atom. The van der Waals surface area contributed by atoms with E-state index < -0.39 is 0 Å². The molecule has 0 unspecified atom stereocenters. The summed E-state index contributed by atoms with van der Waals surface area (Å²) in [5.74, 6) is 0.134. The molecular formula is C29H31N5O2. The molecule has 36 heavy (non-hydrogen) atoms. The lowest BCUT2D eigenvalue weighted by Crippen LogP contribution is -2.44. The van der Waals surface area contributed by atoms with Crippen LogP contribution in [0.15, 0.2) is 65.6 Å². The van der Waals surface area contributed by atoms with Crippen molar-refractivity contribution < 1.29 is 4.79 Å². The highest BCUT2D eigenvalue weighted by Crippen LogP contribution is 2.23. The normalized spacial score (nSPS) is 15.8. The van der Waals surface area contributed by atoms with Gasteiger partial charge < -0.3 is 10.2 Å². The van der Waals surface area contributed by atoms with Gasteiger partial charge in [-0.05, 0) is 74.6 Å². The molecule has 0 saturated carbocycles. The van der Waals surface area contributed by atoms with Gasteiger partial charge in [0.25, 0.3) is 5.56 Å². The van der Waals surface area contributed by atoms with Gasteiger partial charge in [-0.15, -0.1) is 0 Å². The molecule has 1 saturated heterocycles. The highest BCUT2D eigenvalue weighted by Gasteiger charge is 2.29. The van der Waals surface area contributed by atoms with Crippen LogP contribution >= 0.6 is 0 Å². The van der Waals surface area contributed by atoms with Gasteiger partial charge >= 0.3 is 0 Å². The largest absolute Gasteiger partial charge is 0.351 e. The number of carbonyl (C=O) groups excluding carboxylic acids is 1. The second-order valence-corrected chi connectivity index (χ2v) is 9.81. The quantitative estimate of drug-likeness (QED) is 0.450. The minimum atomic E-state index is -0.226. The van der Waals surface area contributed by atoms with E-state index in [1.54, 1.807) is 10.8 Å². The van der Waals surface area contributed by atoms with Crippen LogP contribution in [0.3, 0.4) is 0 Å². The van der Waals surface area contributed by atoms with Gasteiger partial charge in [0, 0.05) is 25.0 Å². The molecular weight excluding hydrogens is 450 g/mol. The first-order valence-corrected chi connectivity index (χ1v) is 12.4. The first kappa shape index (κ1) is 23.7. The molecule has 2 aromatic carbocycles. The molecule has 4 aromatic rings. The number of pyridine rings is 1. The third kappa shape index (κ3) is 5.00. The number of rotatable bonds is 5. The summed E-state index contributed by atoms with van der Waals surface area (Å²) in [5.41, 5.74) is 6.27. The van der Waals surface area contributed by atoms with Gasteiger partial charge in [0.2, 0.25) is 5.91 Å². The number of fused-ring (bicyclic) bond motifs is 1. The molecule has 0 bridgehead atoms. The van der Waals surface area contributed by atoms with Crippen LogP contribution in [-0.2, 0) is 11.3 Å². The lowest BCUT2D eigenvalue weighted by molar-refractivity contribution is -0.120. The summed E-state index contributed by atoms with van der Waals surface area (Å²) in [6.45, 7) is 7.63. The van der Waals surface area contributed by atoms with Crippen LogP contribution in [0.1, 0.15) is 35.1 Å². The van der Waals surface area contributed by atoms with E-state index in [-0.39, 0.29) is 17.4 Å². The number of hydrogen-bond acceptors (Lipinski definition) is 5. The molecule has 1 aliphatic heterocycles. The van der Waals surface area contributed by atoms with Crippen LogP contribution in [-0.4, -0.2) is 33.5 Å². The second kappa shape index (κ2) is 9.93. The summed E-state index contributed by atoms with van der Waals surface area (Å²) < 4.78 is 1.70. The fourth-order valence-electron chi connectivity index (χ4n) is 4.97. The molecule has 1 N–H and O–H groups in total. The number of piperidine rings is 1. The van der Waals surface area contributed by atoms with Gasteiger partial charge in [0.05, 0.1) is 12.5 Å². The standard InChI is InChI=1S/C29H31N5O2/c1-19-8-10-22(11-9-19)17-34-26-25(7-4-12-30-26)32-27(29(34)36)33-13-5-6-23(18-33)28(35)31-24-15-20(2)14-21(3)16-24/h4,7-12,14-16,23H,5-6,13,17-18H2,1-3H3,(H,31,35)/t23-/m0/s1. The Labute approximate surface area is 210 Å². The number of aryl methyl sites for hydroxylation is 3. The molecule has 1 atom stereocenters. The van der Waals surface area contributed by atoms with Crippen molar-refractivity contribution in [1.82, 2.24) is 14.5 Å². The number of amides is 1. The van der Waals surface area contributed by atoms with Crippen LogP contribution in [0.5, 0.6) is 0 Å². The summed E-state index contributed by atoms with van der Waals surface area (Å²) in [6.07, 6.45) is 3.28. The number of aromatic nitrogens is 3. The number of hydrogen-bond donors (Lipinski definition) is 1. The third-order valence-corrected chi connectivity index (χ3v) is 6.73. The lowest BCUT2D eigenvalue weighted by atomic mass is 9.97. The lowest BCUT2D eigenvalue weighted by Gasteiger charge is -2.32. The van der Waals surface area contributed by atoms with Gasteiger partial charge in [-0.25, -0.2) is 9.97 Å². The van der Waals surface area contributed by atoms with Crippen LogP contribution in [0, 0.1) is 26.7 Å². The van der Waals surface area contributed by atoms with Crippen molar-refractivity contribution >= 4 is 28.6 Å². The zero-order valence-electron chi connectivity index (χ0n) is 21.0. The van der Waals surface area contributed by atoms with E-state index >= 15 is 0 Å². The molecule has 5 rings (SSSR count). The van der Waals surface area contributed by atoms with E-state index in [0.717, 1.165) is 35.2 Å². The fourth-order valence-corrected chi connectivity index (χ4v) is 4.97. The number of benzene rings is 2. The Balaban J connectivity index is 1.44. The maximum Gasteiger partial charge on any atom is 0.295 e. The number of nitrogens with one attached hydrogen (secondary N) is 1.